The Labute approximate surface area is 174 Å². The Balaban J connectivity index is 1.33. The van der Waals surface area contributed by atoms with Crippen LogP contribution in [0.25, 0.3) is 0 Å². The number of nitrogens with zero attached hydrogens (tertiary/aromatic N) is 4. The molecule has 2 N–H and O–H groups in total. The first-order chi connectivity index (χ1) is 14.7. The second-order valence-electron chi connectivity index (χ2n) is 6.87. The van der Waals surface area contributed by atoms with Gasteiger partial charge in [-0.1, -0.05) is 24.3 Å². The number of hydrogen-bond donors (Lipinski definition) is 2. The van der Waals surface area contributed by atoms with Gasteiger partial charge in [0.2, 0.25) is 0 Å². The highest BCUT2D eigenvalue weighted by molar-refractivity contribution is 6.04. The van der Waals surface area contributed by atoms with Crippen molar-refractivity contribution >= 4 is 29.1 Å². The molecule has 8 heteroatoms. The van der Waals surface area contributed by atoms with E-state index in [0.29, 0.717) is 43.1 Å². The van der Waals surface area contributed by atoms with Crippen LogP contribution >= 0.6 is 0 Å². The summed E-state index contributed by atoms with van der Waals surface area (Å²) in [4.78, 5) is 37.1. The second-order valence-corrected chi connectivity index (χ2v) is 6.87. The van der Waals surface area contributed by atoms with E-state index in [4.69, 9.17) is 0 Å². The van der Waals surface area contributed by atoms with E-state index in [1.54, 1.807) is 47.5 Å². The van der Waals surface area contributed by atoms with Crippen LogP contribution in [0.2, 0.25) is 0 Å². The predicted octanol–water partition coefficient (Wildman–Crippen LogP) is 3.08. The first kappa shape index (κ1) is 19.4. The molecule has 2 aromatic carbocycles. The Morgan fingerprint density at radius 1 is 0.833 bits per heavy atom. The van der Waals surface area contributed by atoms with Crippen molar-refractivity contribution in [1.82, 2.24) is 14.9 Å². The average Bonchev–Trinajstić information content (AvgIpc) is 2.80. The molecule has 2 heterocycles. The molecular weight excluding hydrogens is 380 g/mol. The van der Waals surface area contributed by atoms with Gasteiger partial charge in [0.25, 0.3) is 5.91 Å². The summed E-state index contributed by atoms with van der Waals surface area (Å²) in [5.74, 6) is 0.673. The molecule has 30 heavy (non-hydrogen) atoms. The standard InChI is InChI=1S/C22H22N6O2/c29-21(17-5-2-1-3-6-17)25-18-7-4-8-19(15-18)26-22(30)28-13-11-27(12-14-28)20-9-10-23-16-24-20/h1-10,15-16H,11-14H2,(H,25,29)(H,26,30). The molecule has 1 aromatic heterocycles. The lowest BCUT2D eigenvalue weighted by atomic mass is 10.2. The molecule has 3 amide bonds. The highest BCUT2D eigenvalue weighted by atomic mass is 16.2. The maximum atomic E-state index is 12.6. The Kier molecular flexibility index (Phi) is 5.84. The minimum absolute atomic E-state index is 0.163. The van der Waals surface area contributed by atoms with Gasteiger partial charge in [-0.15, -0.1) is 0 Å². The molecule has 1 saturated heterocycles. The van der Waals surface area contributed by atoms with Gasteiger partial charge in [0.1, 0.15) is 12.1 Å². The third-order valence-electron chi connectivity index (χ3n) is 4.86. The molecule has 8 nitrogen and oxygen atoms in total. The number of rotatable bonds is 4. The molecule has 152 valence electrons. The highest BCUT2D eigenvalue weighted by Gasteiger charge is 2.22. The normalized spacial score (nSPS) is 13.6. The maximum absolute atomic E-state index is 12.6. The molecule has 0 saturated carbocycles. The zero-order chi connectivity index (χ0) is 20.8. The van der Waals surface area contributed by atoms with E-state index in [1.807, 2.05) is 24.3 Å². The lowest BCUT2D eigenvalue weighted by molar-refractivity contribution is 0.102. The largest absolute Gasteiger partial charge is 0.353 e. The second kappa shape index (κ2) is 9.04. The first-order valence-electron chi connectivity index (χ1n) is 9.72. The van der Waals surface area contributed by atoms with Crippen molar-refractivity contribution in [1.29, 1.82) is 0 Å². The molecule has 4 rings (SSSR count). The van der Waals surface area contributed by atoms with Gasteiger partial charge in [-0.05, 0) is 36.4 Å². The molecule has 0 unspecified atom stereocenters. The molecule has 0 radical (unpaired) electrons. The maximum Gasteiger partial charge on any atom is 0.321 e. The predicted molar refractivity (Wildman–Crippen MR) is 116 cm³/mol. The van der Waals surface area contributed by atoms with Crippen molar-refractivity contribution in [2.45, 2.75) is 0 Å². The Hall–Kier alpha value is -3.94. The van der Waals surface area contributed by atoms with Gasteiger partial charge in [-0.3, -0.25) is 4.79 Å². The lowest BCUT2D eigenvalue weighted by Crippen LogP contribution is -2.50. The van der Waals surface area contributed by atoms with Crippen LogP contribution in [-0.4, -0.2) is 53.0 Å². The molecule has 1 aliphatic heterocycles. The Morgan fingerprint density at radius 2 is 1.57 bits per heavy atom. The SMILES string of the molecule is O=C(Nc1cccc(NC(=O)N2CCN(c3ccncn3)CC2)c1)c1ccccc1. The number of nitrogens with one attached hydrogen (secondary N) is 2. The Bertz CT molecular complexity index is 1000. The van der Waals surface area contributed by atoms with E-state index in [2.05, 4.69) is 25.5 Å². The molecular formula is C22H22N6O2. The van der Waals surface area contributed by atoms with Gasteiger partial charge in [0.15, 0.2) is 0 Å². The van der Waals surface area contributed by atoms with Gasteiger partial charge in [-0.25, -0.2) is 14.8 Å². The topological polar surface area (TPSA) is 90.5 Å². The van der Waals surface area contributed by atoms with Crippen LogP contribution in [0.15, 0.2) is 73.2 Å². The molecule has 1 fully saturated rings. The zero-order valence-electron chi connectivity index (χ0n) is 16.4. The molecule has 0 spiro atoms. The van der Waals surface area contributed by atoms with Gasteiger partial charge < -0.3 is 20.4 Å². The van der Waals surface area contributed by atoms with Gasteiger partial charge in [0.05, 0.1) is 0 Å². The first-order valence-corrected chi connectivity index (χ1v) is 9.72. The summed E-state index contributed by atoms with van der Waals surface area (Å²) in [5, 5.41) is 5.76. The van der Waals surface area contributed by atoms with E-state index in [0.717, 1.165) is 5.82 Å². The van der Waals surface area contributed by atoms with E-state index in [1.165, 1.54) is 6.33 Å². The Morgan fingerprint density at radius 3 is 2.27 bits per heavy atom. The lowest BCUT2D eigenvalue weighted by Gasteiger charge is -2.35. The summed E-state index contributed by atoms with van der Waals surface area (Å²) in [6.07, 6.45) is 3.24. The summed E-state index contributed by atoms with van der Waals surface area (Å²) >= 11 is 0. The van der Waals surface area contributed by atoms with Crippen LogP contribution in [0.4, 0.5) is 22.0 Å². The summed E-state index contributed by atoms with van der Waals surface area (Å²) in [6, 6.07) is 17.8. The highest BCUT2D eigenvalue weighted by Crippen LogP contribution is 2.18. The van der Waals surface area contributed by atoms with E-state index in [9.17, 15) is 9.59 Å². The number of benzene rings is 2. The zero-order valence-corrected chi connectivity index (χ0v) is 16.4. The number of anilines is 3. The minimum atomic E-state index is -0.195. The van der Waals surface area contributed by atoms with Crippen LogP contribution in [0, 0.1) is 0 Å². The third kappa shape index (κ3) is 4.72. The molecule has 0 bridgehead atoms. The number of amides is 3. The average molecular weight is 402 g/mol. The number of aromatic nitrogens is 2. The summed E-state index contributed by atoms with van der Waals surface area (Å²) in [5.41, 5.74) is 1.83. The fraction of sp³-hybridized carbons (Fsp3) is 0.182. The van der Waals surface area contributed by atoms with Crippen LogP contribution < -0.4 is 15.5 Å². The molecule has 3 aromatic rings. The summed E-state index contributed by atoms with van der Waals surface area (Å²) < 4.78 is 0. The van der Waals surface area contributed by atoms with Crippen molar-refractivity contribution in [2.75, 3.05) is 41.7 Å². The minimum Gasteiger partial charge on any atom is -0.353 e. The molecule has 0 aliphatic carbocycles. The number of urea groups is 1. The van der Waals surface area contributed by atoms with Gasteiger partial charge >= 0.3 is 6.03 Å². The smallest absolute Gasteiger partial charge is 0.321 e. The number of hydrogen-bond acceptors (Lipinski definition) is 5. The van der Waals surface area contributed by atoms with Crippen LogP contribution in [0.5, 0.6) is 0 Å². The third-order valence-corrected chi connectivity index (χ3v) is 4.86. The number of piperazine rings is 1. The van der Waals surface area contributed by atoms with E-state index >= 15 is 0 Å². The molecule has 0 atom stereocenters. The quantitative estimate of drug-likeness (QED) is 0.700. The van der Waals surface area contributed by atoms with Crippen molar-refractivity contribution in [3.63, 3.8) is 0 Å². The van der Waals surface area contributed by atoms with Crippen molar-refractivity contribution < 1.29 is 9.59 Å². The fourth-order valence-electron chi connectivity index (χ4n) is 3.28. The number of carbonyl (C=O) groups excluding carboxylic acids is 2. The van der Waals surface area contributed by atoms with Crippen molar-refractivity contribution in [2.24, 2.45) is 0 Å². The van der Waals surface area contributed by atoms with Crippen LogP contribution in [-0.2, 0) is 0 Å². The monoisotopic (exact) mass is 402 g/mol. The van der Waals surface area contributed by atoms with E-state index < -0.39 is 0 Å². The van der Waals surface area contributed by atoms with Crippen LogP contribution in [0.1, 0.15) is 10.4 Å². The van der Waals surface area contributed by atoms with Gasteiger partial charge in [-0.2, -0.15) is 0 Å². The number of carbonyl (C=O) groups is 2. The van der Waals surface area contributed by atoms with E-state index in [-0.39, 0.29) is 11.9 Å². The molecule has 1 aliphatic rings. The summed E-state index contributed by atoms with van der Waals surface area (Å²) in [7, 11) is 0. The summed E-state index contributed by atoms with van der Waals surface area (Å²) in [6.45, 7) is 2.61. The fourth-order valence-corrected chi connectivity index (χ4v) is 3.28. The van der Waals surface area contributed by atoms with Crippen molar-refractivity contribution in [3.8, 4) is 0 Å². The van der Waals surface area contributed by atoms with Gasteiger partial charge in [0, 0.05) is 49.3 Å². The van der Waals surface area contributed by atoms with Crippen molar-refractivity contribution in [3.05, 3.63) is 78.8 Å². The van der Waals surface area contributed by atoms with Crippen LogP contribution in [0.3, 0.4) is 0 Å².